The molecule has 0 unspecified atom stereocenters. The molecule has 2 aromatic heterocycles. The van der Waals surface area contributed by atoms with Crippen LogP contribution in [0.4, 0.5) is 10.1 Å². The van der Waals surface area contributed by atoms with Gasteiger partial charge in [-0.2, -0.15) is 4.39 Å². The molecule has 2 rings (SSSR count). The Labute approximate surface area is 68.6 Å². The number of fused-ring (bicyclic) bond motifs is 1. The summed E-state index contributed by atoms with van der Waals surface area (Å²) >= 11 is 0. The number of imidazole rings is 1. The molecular formula is C8H8FN3. The third-order valence-electron chi connectivity index (χ3n) is 1.74. The first kappa shape index (κ1) is 7.09. The number of rotatable bonds is 0. The van der Waals surface area contributed by atoms with E-state index in [0.29, 0.717) is 17.0 Å². The van der Waals surface area contributed by atoms with Gasteiger partial charge in [-0.15, -0.1) is 0 Å². The number of halogens is 1. The number of nitrogen functional groups attached to an aromatic ring is 1. The summed E-state index contributed by atoms with van der Waals surface area (Å²) < 4.78 is 14.5. The van der Waals surface area contributed by atoms with E-state index in [1.165, 1.54) is 10.6 Å². The Morgan fingerprint density at radius 3 is 3.00 bits per heavy atom. The van der Waals surface area contributed by atoms with Crippen LogP contribution >= 0.6 is 0 Å². The number of aromatic nitrogens is 2. The molecule has 0 fully saturated rings. The first-order chi connectivity index (χ1) is 5.68. The van der Waals surface area contributed by atoms with Crippen LogP contribution in [-0.2, 0) is 0 Å². The molecule has 0 saturated heterocycles. The van der Waals surface area contributed by atoms with Gasteiger partial charge in [-0.3, -0.25) is 4.40 Å². The zero-order valence-electron chi connectivity index (χ0n) is 6.58. The Bertz CT molecular complexity index is 433. The molecule has 0 aliphatic heterocycles. The average molecular weight is 165 g/mol. The highest BCUT2D eigenvalue weighted by Crippen LogP contribution is 2.12. The fourth-order valence-electron chi connectivity index (χ4n) is 1.15. The number of anilines is 1. The van der Waals surface area contributed by atoms with Gasteiger partial charge in [-0.1, -0.05) is 0 Å². The molecule has 0 saturated carbocycles. The third-order valence-corrected chi connectivity index (χ3v) is 1.74. The van der Waals surface area contributed by atoms with Crippen molar-refractivity contribution in [3.8, 4) is 0 Å². The SMILES string of the molecule is Cc1nc2ccc(N)cn2c1F. The molecule has 0 spiro atoms. The van der Waals surface area contributed by atoms with E-state index >= 15 is 0 Å². The van der Waals surface area contributed by atoms with Gasteiger partial charge in [0.15, 0.2) is 0 Å². The minimum atomic E-state index is -0.350. The van der Waals surface area contributed by atoms with Gasteiger partial charge in [0.05, 0.1) is 5.69 Å². The summed E-state index contributed by atoms with van der Waals surface area (Å²) in [5, 5.41) is 0. The maximum Gasteiger partial charge on any atom is 0.220 e. The van der Waals surface area contributed by atoms with Crippen molar-refractivity contribution in [2.24, 2.45) is 0 Å². The van der Waals surface area contributed by atoms with Crippen molar-refractivity contribution in [3.05, 3.63) is 30.0 Å². The summed E-state index contributed by atoms with van der Waals surface area (Å²) in [6.07, 6.45) is 1.52. The zero-order valence-corrected chi connectivity index (χ0v) is 6.58. The summed E-state index contributed by atoms with van der Waals surface area (Å²) in [4.78, 5) is 3.99. The van der Waals surface area contributed by atoms with E-state index < -0.39 is 0 Å². The Balaban J connectivity index is 2.88. The second-order valence-electron chi connectivity index (χ2n) is 2.68. The summed E-state index contributed by atoms with van der Waals surface area (Å²) in [6.45, 7) is 1.62. The van der Waals surface area contributed by atoms with Gasteiger partial charge in [0.1, 0.15) is 5.65 Å². The maximum atomic E-state index is 13.2. The van der Waals surface area contributed by atoms with Crippen LogP contribution in [-0.4, -0.2) is 9.38 Å². The van der Waals surface area contributed by atoms with Crippen molar-refractivity contribution < 1.29 is 4.39 Å². The summed E-state index contributed by atoms with van der Waals surface area (Å²) in [7, 11) is 0. The Hall–Kier alpha value is -1.58. The van der Waals surface area contributed by atoms with Gasteiger partial charge in [0, 0.05) is 11.9 Å². The van der Waals surface area contributed by atoms with Crippen LogP contribution < -0.4 is 5.73 Å². The van der Waals surface area contributed by atoms with Gasteiger partial charge >= 0.3 is 0 Å². The van der Waals surface area contributed by atoms with Crippen molar-refractivity contribution in [2.45, 2.75) is 6.92 Å². The number of hydrogen-bond donors (Lipinski definition) is 1. The number of hydrogen-bond acceptors (Lipinski definition) is 2. The number of pyridine rings is 1. The molecule has 0 aliphatic rings. The van der Waals surface area contributed by atoms with Crippen LogP contribution in [0.5, 0.6) is 0 Å². The van der Waals surface area contributed by atoms with E-state index in [9.17, 15) is 4.39 Å². The van der Waals surface area contributed by atoms with Gasteiger partial charge in [-0.25, -0.2) is 4.98 Å². The van der Waals surface area contributed by atoms with E-state index in [4.69, 9.17) is 5.73 Å². The molecule has 12 heavy (non-hydrogen) atoms. The fourth-order valence-corrected chi connectivity index (χ4v) is 1.15. The van der Waals surface area contributed by atoms with E-state index in [1.54, 1.807) is 19.1 Å². The van der Waals surface area contributed by atoms with Gasteiger partial charge in [0.25, 0.3) is 0 Å². The Morgan fingerprint density at radius 2 is 2.25 bits per heavy atom. The molecule has 0 bridgehead atoms. The predicted molar refractivity (Wildman–Crippen MR) is 44.3 cm³/mol. The lowest BCUT2D eigenvalue weighted by Crippen LogP contribution is -1.92. The molecule has 4 heteroatoms. The monoisotopic (exact) mass is 165 g/mol. The highest BCUT2D eigenvalue weighted by Gasteiger charge is 2.06. The summed E-state index contributed by atoms with van der Waals surface area (Å²) in [5.74, 6) is -0.350. The summed E-state index contributed by atoms with van der Waals surface area (Å²) in [5.41, 5.74) is 6.99. The largest absolute Gasteiger partial charge is 0.398 e. The summed E-state index contributed by atoms with van der Waals surface area (Å²) in [6, 6.07) is 3.38. The van der Waals surface area contributed by atoms with Crippen LogP contribution in [0, 0.1) is 12.9 Å². The highest BCUT2D eigenvalue weighted by atomic mass is 19.1. The molecule has 0 atom stereocenters. The first-order valence-corrected chi connectivity index (χ1v) is 3.58. The number of nitrogens with zero attached hydrogens (tertiary/aromatic N) is 2. The van der Waals surface area contributed by atoms with Crippen LogP contribution in [0.15, 0.2) is 18.3 Å². The Morgan fingerprint density at radius 1 is 1.50 bits per heavy atom. The molecule has 2 N–H and O–H groups in total. The third kappa shape index (κ3) is 0.845. The topological polar surface area (TPSA) is 43.3 Å². The van der Waals surface area contributed by atoms with Crippen molar-refractivity contribution >= 4 is 11.3 Å². The molecular weight excluding hydrogens is 157 g/mol. The maximum absolute atomic E-state index is 13.2. The molecule has 0 amide bonds. The lowest BCUT2D eigenvalue weighted by Gasteiger charge is -1.94. The van der Waals surface area contributed by atoms with E-state index in [0.717, 1.165) is 0 Å². The van der Waals surface area contributed by atoms with Crippen LogP contribution in [0.25, 0.3) is 5.65 Å². The fraction of sp³-hybridized carbons (Fsp3) is 0.125. The van der Waals surface area contributed by atoms with E-state index in [1.807, 2.05) is 0 Å². The number of aryl methyl sites for hydroxylation is 1. The molecule has 62 valence electrons. The quantitative estimate of drug-likeness (QED) is 0.640. The number of nitrogens with two attached hydrogens (primary N) is 1. The van der Waals surface area contributed by atoms with Gasteiger partial charge in [-0.05, 0) is 19.1 Å². The molecule has 3 nitrogen and oxygen atoms in total. The van der Waals surface area contributed by atoms with Crippen molar-refractivity contribution in [2.75, 3.05) is 5.73 Å². The minimum Gasteiger partial charge on any atom is -0.398 e. The standard InChI is InChI=1S/C8H8FN3/c1-5-8(9)12-4-6(10)2-3-7(12)11-5/h2-4H,10H2,1H3. The van der Waals surface area contributed by atoms with Crippen LogP contribution in [0.1, 0.15) is 5.69 Å². The van der Waals surface area contributed by atoms with E-state index in [-0.39, 0.29) is 5.95 Å². The molecule has 0 aliphatic carbocycles. The lowest BCUT2D eigenvalue weighted by molar-refractivity contribution is 0.564. The van der Waals surface area contributed by atoms with Gasteiger partial charge < -0.3 is 5.73 Å². The van der Waals surface area contributed by atoms with Crippen LogP contribution in [0.3, 0.4) is 0 Å². The first-order valence-electron chi connectivity index (χ1n) is 3.58. The van der Waals surface area contributed by atoms with E-state index in [2.05, 4.69) is 4.98 Å². The van der Waals surface area contributed by atoms with Crippen molar-refractivity contribution in [1.29, 1.82) is 0 Å². The van der Waals surface area contributed by atoms with Gasteiger partial charge in [0.2, 0.25) is 5.95 Å². The lowest BCUT2D eigenvalue weighted by atomic mass is 10.4. The predicted octanol–water partition coefficient (Wildman–Crippen LogP) is 1.36. The smallest absolute Gasteiger partial charge is 0.220 e. The van der Waals surface area contributed by atoms with Crippen molar-refractivity contribution in [3.63, 3.8) is 0 Å². The highest BCUT2D eigenvalue weighted by molar-refractivity contribution is 5.48. The Kier molecular flexibility index (Phi) is 1.30. The molecule has 2 heterocycles. The second-order valence-corrected chi connectivity index (χ2v) is 2.68. The minimum absolute atomic E-state index is 0.350. The zero-order chi connectivity index (χ0) is 8.72. The molecule has 2 aromatic rings. The molecule has 0 radical (unpaired) electrons. The van der Waals surface area contributed by atoms with Crippen LogP contribution in [0.2, 0.25) is 0 Å². The normalized spacial score (nSPS) is 10.8. The molecule has 0 aromatic carbocycles. The van der Waals surface area contributed by atoms with Crippen molar-refractivity contribution in [1.82, 2.24) is 9.38 Å². The second kappa shape index (κ2) is 2.20. The average Bonchev–Trinajstić information content (AvgIpc) is 2.31.